The van der Waals surface area contributed by atoms with Crippen molar-refractivity contribution in [2.45, 2.75) is 32.6 Å². The minimum atomic E-state index is -4.00. The molecule has 0 amide bonds. The maximum atomic E-state index is 10.4. The second-order valence-electron chi connectivity index (χ2n) is 4.74. The zero-order valence-electron chi connectivity index (χ0n) is 12.2. The van der Waals surface area contributed by atoms with Gasteiger partial charge >= 0.3 is 0 Å². The molecule has 1 N–H and O–H groups in total. The summed E-state index contributed by atoms with van der Waals surface area (Å²) in [4.78, 5) is -0.0741. The van der Waals surface area contributed by atoms with Gasteiger partial charge in [0, 0.05) is 0 Å². The van der Waals surface area contributed by atoms with Gasteiger partial charge in [0.15, 0.2) is 0 Å². The Morgan fingerprint density at radius 3 is 1.45 bits per heavy atom. The Morgan fingerprint density at radius 2 is 1.15 bits per heavy atom. The Bertz CT molecular complexity index is 647. The van der Waals surface area contributed by atoms with Crippen LogP contribution < -0.4 is 0 Å². The van der Waals surface area contributed by atoms with Crippen molar-refractivity contribution in [3.8, 4) is 0 Å². The Balaban J connectivity index is 0.000000200. The van der Waals surface area contributed by atoms with Gasteiger partial charge in [-0.1, -0.05) is 30.3 Å². The molecule has 0 heterocycles. The molecule has 0 saturated heterocycles. The first-order valence-corrected chi connectivity index (χ1v) is 7.73. The fraction of sp³-hybridized carbons (Fsp3) is 0.250. The molecule has 0 radical (unpaired) electrons. The largest absolute Gasteiger partial charge is 0.294 e. The molecule has 2 rings (SSSR count). The molecule has 0 spiro atoms. The van der Waals surface area contributed by atoms with E-state index in [1.54, 1.807) is 18.2 Å². The van der Waals surface area contributed by atoms with Gasteiger partial charge in [-0.15, -0.1) is 0 Å². The van der Waals surface area contributed by atoms with Crippen LogP contribution in [0.25, 0.3) is 0 Å². The quantitative estimate of drug-likeness (QED) is 0.812. The van der Waals surface area contributed by atoms with E-state index in [-0.39, 0.29) is 4.90 Å². The Kier molecular flexibility index (Phi) is 5.48. The van der Waals surface area contributed by atoms with Crippen molar-refractivity contribution in [3.63, 3.8) is 0 Å². The van der Waals surface area contributed by atoms with Crippen LogP contribution in [0.3, 0.4) is 0 Å². The molecule has 20 heavy (non-hydrogen) atoms. The van der Waals surface area contributed by atoms with Crippen LogP contribution in [0, 0.1) is 27.7 Å². The monoisotopic (exact) mass is 292 g/mol. The highest BCUT2D eigenvalue weighted by molar-refractivity contribution is 7.85. The van der Waals surface area contributed by atoms with Gasteiger partial charge in [0.05, 0.1) is 4.90 Å². The lowest BCUT2D eigenvalue weighted by Crippen LogP contribution is -1.96. The lowest BCUT2D eigenvalue weighted by Gasteiger charge is -2.06. The van der Waals surface area contributed by atoms with Crippen molar-refractivity contribution in [2.75, 3.05) is 0 Å². The van der Waals surface area contributed by atoms with E-state index in [0.717, 1.165) is 0 Å². The third-order valence-electron chi connectivity index (χ3n) is 3.37. The smallest absolute Gasteiger partial charge is 0.282 e. The molecule has 0 bridgehead atoms. The molecule has 0 aliphatic rings. The first kappa shape index (κ1) is 16.4. The van der Waals surface area contributed by atoms with Gasteiger partial charge in [0.1, 0.15) is 0 Å². The molecule has 0 fully saturated rings. The van der Waals surface area contributed by atoms with Crippen LogP contribution in [0.4, 0.5) is 0 Å². The van der Waals surface area contributed by atoms with E-state index < -0.39 is 10.1 Å². The minimum Gasteiger partial charge on any atom is -0.282 e. The molecule has 0 atom stereocenters. The summed E-state index contributed by atoms with van der Waals surface area (Å²) in [6.07, 6.45) is 0. The summed E-state index contributed by atoms with van der Waals surface area (Å²) in [6.45, 7) is 8.67. The molecular formula is C16H20O3S. The number of hydrogen-bond donors (Lipinski definition) is 1. The van der Waals surface area contributed by atoms with Crippen molar-refractivity contribution in [1.29, 1.82) is 0 Å². The summed E-state index contributed by atoms with van der Waals surface area (Å²) in [5, 5.41) is 0. The lowest BCUT2D eigenvalue weighted by molar-refractivity contribution is 0.483. The lowest BCUT2D eigenvalue weighted by atomic mass is 10.0. The molecule has 3 nitrogen and oxygen atoms in total. The average Bonchev–Trinajstić information content (AvgIpc) is 2.42. The van der Waals surface area contributed by atoms with Gasteiger partial charge < -0.3 is 0 Å². The normalized spacial score (nSPS) is 10.7. The summed E-state index contributed by atoms with van der Waals surface area (Å²) in [5.74, 6) is 0. The van der Waals surface area contributed by atoms with Crippen molar-refractivity contribution >= 4 is 10.1 Å². The number of benzene rings is 2. The summed E-state index contributed by atoms with van der Waals surface area (Å²) >= 11 is 0. The predicted molar refractivity (Wildman–Crippen MR) is 81.6 cm³/mol. The highest BCUT2D eigenvalue weighted by Crippen LogP contribution is 2.15. The van der Waals surface area contributed by atoms with Crippen molar-refractivity contribution in [1.82, 2.24) is 0 Å². The van der Waals surface area contributed by atoms with Gasteiger partial charge in [-0.3, -0.25) is 4.55 Å². The number of rotatable bonds is 1. The van der Waals surface area contributed by atoms with Crippen LogP contribution in [-0.4, -0.2) is 13.0 Å². The van der Waals surface area contributed by atoms with Crippen LogP contribution in [0.15, 0.2) is 47.4 Å². The molecule has 2 aromatic carbocycles. The Hall–Kier alpha value is -1.65. The van der Waals surface area contributed by atoms with Crippen LogP contribution >= 0.6 is 0 Å². The molecule has 0 aromatic heterocycles. The van der Waals surface area contributed by atoms with E-state index in [1.165, 1.54) is 34.4 Å². The van der Waals surface area contributed by atoms with Gasteiger partial charge in [0.2, 0.25) is 0 Å². The van der Waals surface area contributed by atoms with E-state index in [1.807, 2.05) is 0 Å². The number of hydrogen-bond acceptors (Lipinski definition) is 2. The maximum absolute atomic E-state index is 10.4. The van der Waals surface area contributed by atoms with E-state index in [0.29, 0.717) is 0 Å². The molecule has 0 aliphatic carbocycles. The van der Waals surface area contributed by atoms with E-state index >= 15 is 0 Å². The molecule has 0 aliphatic heterocycles. The van der Waals surface area contributed by atoms with Crippen molar-refractivity contribution in [3.05, 3.63) is 64.7 Å². The third-order valence-corrected chi connectivity index (χ3v) is 4.24. The molecule has 108 valence electrons. The summed E-state index contributed by atoms with van der Waals surface area (Å²) < 4.78 is 29.2. The molecule has 4 heteroatoms. The van der Waals surface area contributed by atoms with Crippen LogP contribution in [0.2, 0.25) is 0 Å². The van der Waals surface area contributed by atoms with Gasteiger partial charge in [-0.25, -0.2) is 0 Å². The van der Waals surface area contributed by atoms with E-state index in [2.05, 4.69) is 39.8 Å². The summed E-state index contributed by atoms with van der Waals surface area (Å²) in [5.41, 5.74) is 5.64. The van der Waals surface area contributed by atoms with Gasteiger partial charge in [-0.2, -0.15) is 8.42 Å². The van der Waals surface area contributed by atoms with E-state index in [4.69, 9.17) is 4.55 Å². The molecular weight excluding hydrogens is 272 g/mol. The zero-order valence-corrected chi connectivity index (χ0v) is 13.0. The topological polar surface area (TPSA) is 54.4 Å². The Morgan fingerprint density at radius 1 is 0.750 bits per heavy atom. The van der Waals surface area contributed by atoms with Crippen LogP contribution in [-0.2, 0) is 10.1 Å². The third kappa shape index (κ3) is 4.47. The molecule has 0 unspecified atom stereocenters. The second-order valence-corrected chi connectivity index (χ2v) is 6.16. The molecule has 0 saturated carbocycles. The second kappa shape index (κ2) is 6.68. The van der Waals surface area contributed by atoms with Crippen molar-refractivity contribution in [2.24, 2.45) is 0 Å². The fourth-order valence-electron chi connectivity index (χ4n) is 1.68. The Labute approximate surface area is 121 Å². The maximum Gasteiger partial charge on any atom is 0.294 e. The fourth-order valence-corrected chi connectivity index (χ4v) is 2.19. The van der Waals surface area contributed by atoms with Gasteiger partial charge in [-0.05, 0) is 62.1 Å². The van der Waals surface area contributed by atoms with Gasteiger partial charge in [0.25, 0.3) is 10.1 Å². The summed E-state index contributed by atoms with van der Waals surface area (Å²) in [7, 11) is -4.00. The first-order valence-electron chi connectivity index (χ1n) is 6.29. The van der Waals surface area contributed by atoms with E-state index in [9.17, 15) is 8.42 Å². The standard InChI is InChI=1S/C10H14.C6H6O3S/c1-7-5-6-8(2)10(4)9(7)3;7-10(8,9)6-4-2-1-3-5-6/h5-6H,1-4H3;1-5H,(H,7,8,9). The highest BCUT2D eigenvalue weighted by Gasteiger charge is 2.05. The highest BCUT2D eigenvalue weighted by atomic mass is 32.2. The average molecular weight is 292 g/mol. The zero-order chi connectivity index (χ0) is 15.3. The van der Waals surface area contributed by atoms with Crippen LogP contribution in [0.1, 0.15) is 22.3 Å². The van der Waals surface area contributed by atoms with Crippen molar-refractivity contribution < 1.29 is 13.0 Å². The molecule has 2 aromatic rings. The van der Waals surface area contributed by atoms with Crippen LogP contribution in [0.5, 0.6) is 0 Å². The number of aryl methyl sites for hydroxylation is 2. The SMILES string of the molecule is Cc1ccc(C)c(C)c1C.O=S(=O)(O)c1ccccc1. The summed E-state index contributed by atoms with van der Waals surface area (Å²) in [6, 6.07) is 11.8. The predicted octanol–water partition coefficient (Wildman–Crippen LogP) is 3.85. The minimum absolute atomic E-state index is 0.0741. The first-order chi connectivity index (χ1) is 9.23.